The first-order valence-corrected chi connectivity index (χ1v) is 13.8. The normalized spacial score (nSPS) is 15.1. The SMILES string of the molecule is Cc1c(COc2ncc(CN3CCCC[C@H]3C(=O)O)c(OCc3ccc(F)c(C#N)c3)n2)cccc1-c1ccccc1. The van der Waals surface area contributed by atoms with E-state index in [-0.39, 0.29) is 37.2 Å². The van der Waals surface area contributed by atoms with E-state index in [9.17, 15) is 19.6 Å². The second-order valence-corrected chi connectivity index (χ2v) is 10.3. The van der Waals surface area contributed by atoms with Crippen molar-refractivity contribution in [3.05, 3.63) is 107 Å². The van der Waals surface area contributed by atoms with E-state index in [0.29, 0.717) is 24.1 Å². The van der Waals surface area contributed by atoms with Crippen LogP contribution in [0.25, 0.3) is 11.1 Å². The molecule has 0 saturated carbocycles. The standard InChI is InChI=1S/C33H31FN4O4/c1-22-25(10-7-11-28(22)24-8-3-2-4-9-24)21-42-33-36-18-27(19-38-15-6-5-12-30(38)32(39)40)31(37-33)41-20-23-13-14-29(34)26(16-23)17-35/h2-4,7-11,13-14,16,18,30H,5-6,12,15,19-21H2,1H3,(H,39,40)/t30-/m0/s1. The fourth-order valence-electron chi connectivity index (χ4n) is 5.17. The molecule has 4 aromatic rings. The highest BCUT2D eigenvalue weighted by molar-refractivity contribution is 5.73. The third kappa shape index (κ3) is 6.73. The van der Waals surface area contributed by atoms with Crippen molar-refractivity contribution in [2.75, 3.05) is 6.54 Å². The number of aliphatic carboxylic acids is 1. The first-order chi connectivity index (χ1) is 20.4. The van der Waals surface area contributed by atoms with E-state index in [1.165, 1.54) is 12.1 Å². The Hall–Kier alpha value is -4.81. The summed E-state index contributed by atoms with van der Waals surface area (Å²) in [7, 11) is 0. The van der Waals surface area contributed by atoms with E-state index in [0.717, 1.165) is 35.1 Å². The number of hydrogen-bond acceptors (Lipinski definition) is 7. The molecule has 0 spiro atoms. The van der Waals surface area contributed by atoms with Crippen LogP contribution in [0, 0.1) is 24.1 Å². The van der Waals surface area contributed by atoms with Crippen molar-refractivity contribution in [1.29, 1.82) is 5.26 Å². The summed E-state index contributed by atoms with van der Waals surface area (Å²) in [5.41, 5.74) is 5.43. The first kappa shape index (κ1) is 28.7. The zero-order valence-corrected chi connectivity index (χ0v) is 23.3. The van der Waals surface area contributed by atoms with Crippen LogP contribution in [0.1, 0.15) is 47.1 Å². The average Bonchev–Trinajstić information content (AvgIpc) is 3.01. The largest absolute Gasteiger partial charge is 0.480 e. The molecule has 0 aliphatic carbocycles. The number of hydrogen-bond donors (Lipinski definition) is 1. The van der Waals surface area contributed by atoms with Gasteiger partial charge >= 0.3 is 12.0 Å². The number of halogens is 1. The molecule has 0 bridgehead atoms. The second-order valence-electron chi connectivity index (χ2n) is 10.3. The highest BCUT2D eigenvalue weighted by Crippen LogP contribution is 2.28. The number of carbonyl (C=O) groups is 1. The Balaban J connectivity index is 1.38. The smallest absolute Gasteiger partial charge is 0.320 e. The molecule has 1 N–H and O–H groups in total. The van der Waals surface area contributed by atoms with Crippen LogP contribution >= 0.6 is 0 Å². The number of piperidine rings is 1. The highest BCUT2D eigenvalue weighted by Gasteiger charge is 2.29. The fraction of sp³-hybridized carbons (Fsp3) is 0.273. The molecule has 1 atom stereocenters. The Morgan fingerprint density at radius 2 is 1.90 bits per heavy atom. The highest BCUT2D eigenvalue weighted by atomic mass is 19.1. The lowest BCUT2D eigenvalue weighted by molar-refractivity contribution is -0.144. The monoisotopic (exact) mass is 566 g/mol. The Morgan fingerprint density at radius 1 is 1.07 bits per heavy atom. The second kappa shape index (κ2) is 13.2. The van der Waals surface area contributed by atoms with E-state index in [2.05, 4.69) is 35.1 Å². The predicted molar refractivity (Wildman–Crippen MR) is 154 cm³/mol. The lowest BCUT2D eigenvalue weighted by atomic mass is 9.97. The summed E-state index contributed by atoms with van der Waals surface area (Å²) in [5.74, 6) is -1.22. The molecule has 1 aliphatic heterocycles. The Kier molecular flexibility index (Phi) is 9.05. The topological polar surface area (TPSA) is 109 Å². The molecular formula is C33H31FN4O4. The van der Waals surface area contributed by atoms with Gasteiger partial charge in [0.25, 0.3) is 0 Å². The molecule has 1 aliphatic rings. The van der Waals surface area contributed by atoms with Gasteiger partial charge in [-0.1, -0.05) is 61.0 Å². The zero-order valence-electron chi connectivity index (χ0n) is 23.3. The minimum Gasteiger partial charge on any atom is -0.480 e. The summed E-state index contributed by atoms with van der Waals surface area (Å²) < 4.78 is 25.9. The van der Waals surface area contributed by atoms with Gasteiger partial charge in [-0.15, -0.1) is 0 Å². The van der Waals surface area contributed by atoms with E-state index in [4.69, 9.17) is 9.47 Å². The van der Waals surface area contributed by atoms with Crippen LogP contribution in [0.5, 0.6) is 11.9 Å². The third-order valence-electron chi connectivity index (χ3n) is 7.49. The van der Waals surface area contributed by atoms with Gasteiger partial charge in [0.1, 0.15) is 31.1 Å². The molecule has 0 amide bonds. The number of likely N-dealkylation sites (tertiary alicyclic amines) is 1. The van der Waals surface area contributed by atoms with Crippen LogP contribution in [0.2, 0.25) is 0 Å². The van der Waals surface area contributed by atoms with Crippen molar-refractivity contribution < 1.29 is 23.8 Å². The summed E-state index contributed by atoms with van der Waals surface area (Å²) in [4.78, 5) is 22.7. The predicted octanol–water partition coefficient (Wildman–Crippen LogP) is 6.06. The van der Waals surface area contributed by atoms with Gasteiger partial charge in [-0.3, -0.25) is 9.69 Å². The summed E-state index contributed by atoms with van der Waals surface area (Å²) in [6.07, 6.45) is 3.93. The molecule has 1 fully saturated rings. The third-order valence-corrected chi connectivity index (χ3v) is 7.49. The summed E-state index contributed by atoms with van der Waals surface area (Å²) in [6.45, 7) is 3.24. The van der Waals surface area contributed by atoms with Gasteiger partial charge in [0, 0.05) is 18.3 Å². The lowest BCUT2D eigenvalue weighted by Gasteiger charge is -2.32. The number of benzene rings is 3. The molecular weight excluding hydrogens is 535 g/mol. The molecule has 42 heavy (non-hydrogen) atoms. The van der Waals surface area contributed by atoms with Crippen molar-refractivity contribution >= 4 is 5.97 Å². The fourth-order valence-corrected chi connectivity index (χ4v) is 5.17. The van der Waals surface area contributed by atoms with Crippen LogP contribution in [-0.4, -0.2) is 38.5 Å². The zero-order chi connectivity index (χ0) is 29.5. The van der Waals surface area contributed by atoms with Crippen LogP contribution in [-0.2, 0) is 24.6 Å². The number of aromatic nitrogens is 2. The van der Waals surface area contributed by atoms with Crippen molar-refractivity contribution in [3.63, 3.8) is 0 Å². The van der Waals surface area contributed by atoms with Gasteiger partial charge in [-0.2, -0.15) is 10.2 Å². The van der Waals surface area contributed by atoms with Crippen molar-refractivity contribution in [2.24, 2.45) is 0 Å². The van der Waals surface area contributed by atoms with Crippen LogP contribution in [0.15, 0.2) is 72.9 Å². The van der Waals surface area contributed by atoms with Gasteiger partial charge in [0.2, 0.25) is 5.88 Å². The molecule has 0 radical (unpaired) electrons. The van der Waals surface area contributed by atoms with E-state index in [1.807, 2.05) is 41.3 Å². The molecule has 1 saturated heterocycles. The summed E-state index contributed by atoms with van der Waals surface area (Å²) in [5, 5.41) is 18.9. The quantitative estimate of drug-likeness (QED) is 0.247. The van der Waals surface area contributed by atoms with Gasteiger partial charge < -0.3 is 14.6 Å². The van der Waals surface area contributed by atoms with Crippen molar-refractivity contribution in [3.8, 4) is 29.1 Å². The van der Waals surface area contributed by atoms with Crippen molar-refractivity contribution in [1.82, 2.24) is 14.9 Å². The first-order valence-electron chi connectivity index (χ1n) is 13.8. The molecule has 2 heterocycles. The Morgan fingerprint density at radius 3 is 2.69 bits per heavy atom. The lowest BCUT2D eigenvalue weighted by Crippen LogP contribution is -2.44. The van der Waals surface area contributed by atoms with Gasteiger partial charge in [0.15, 0.2) is 0 Å². The molecule has 8 nitrogen and oxygen atoms in total. The maximum atomic E-state index is 13.8. The molecule has 0 unspecified atom stereocenters. The van der Waals surface area contributed by atoms with Crippen molar-refractivity contribution in [2.45, 2.75) is 52.0 Å². The maximum Gasteiger partial charge on any atom is 0.320 e. The Labute approximate surface area is 244 Å². The van der Waals surface area contributed by atoms with Gasteiger partial charge in [0.05, 0.1) is 5.56 Å². The van der Waals surface area contributed by atoms with E-state index < -0.39 is 17.8 Å². The maximum absolute atomic E-state index is 13.8. The van der Waals surface area contributed by atoms with Crippen LogP contribution in [0.3, 0.4) is 0 Å². The molecule has 214 valence electrons. The van der Waals surface area contributed by atoms with Crippen LogP contribution < -0.4 is 9.47 Å². The molecule has 1 aromatic heterocycles. The summed E-state index contributed by atoms with van der Waals surface area (Å²) in [6, 6.07) is 21.7. The number of nitriles is 1. The number of ether oxygens (including phenoxy) is 2. The Bertz CT molecular complexity index is 1610. The minimum absolute atomic E-state index is 0.0268. The number of carboxylic acids is 1. The van der Waals surface area contributed by atoms with Gasteiger partial charge in [-0.05, 0) is 66.3 Å². The van der Waals surface area contributed by atoms with E-state index >= 15 is 0 Å². The molecule has 5 rings (SSSR count). The average molecular weight is 567 g/mol. The van der Waals surface area contributed by atoms with E-state index in [1.54, 1.807) is 12.3 Å². The number of nitrogens with zero attached hydrogens (tertiary/aromatic N) is 4. The number of carboxylic acid groups (broad SMARTS) is 1. The van der Waals surface area contributed by atoms with Crippen LogP contribution in [0.4, 0.5) is 4.39 Å². The minimum atomic E-state index is -0.860. The summed E-state index contributed by atoms with van der Waals surface area (Å²) >= 11 is 0. The van der Waals surface area contributed by atoms with Gasteiger partial charge in [-0.25, -0.2) is 9.37 Å². The number of rotatable bonds is 10. The molecule has 3 aromatic carbocycles. The molecule has 9 heteroatoms.